The first-order chi connectivity index (χ1) is 4.97. The number of aliphatic imine (C=N–C) groups is 1. The van der Waals surface area contributed by atoms with E-state index in [2.05, 4.69) is 15.2 Å². The second-order valence-corrected chi connectivity index (χ2v) is 2.83. The van der Waals surface area contributed by atoms with Crippen molar-refractivity contribution in [2.24, 2.45) is 4.99 Å². The summed E-state index contributed by atoms with van der Waals surface area (Å²) in [5, 5.41) is 3.30. The van der Waals surface area contributed by atoms with Crippen LogP contribution in [0.3, 0.4) is 0 Å². The Balaban J connectivity index is 0.000000605. The minimum atomic E-state index is 0. The Bertz CT molecular complexity index is 158. The van der Waals surface area contributed by atoms with Crippen LogP contribution < -0.4 is 5.32 Å². The van der Waals surface area contributed by atoms with Gasteiger partial charge in [-0.25, -0.2) is 0 Å². The fraction of sp³-hybridized carbons (Fsp3) is 0.857. The molecule has 2 heterocycles. The molecule has 2 rings (SSSR count). The standard InChI is InChI=1S/C7H13N3.Na/c1-3-8-7-9-4-2-6-10(7)5-1;/h1-6H2,(H,8,9);. The quantitative estimate of drug-likeness (QED) is 0.493. The van der Waals surface area contributed by atoms with Crippen molar-refractivity contribution in [2.45, 2.75) is 12.8 Å². The van der Waals surface area contributed by atoms with Crippen molar-refractivity contribution in [1.82, 2.24) is 10.2 Å². The Morgan fingerprint density at radius 2 is 2.09 bits per heavy atom. The van der Waals surface area contributed by atoms with Crippen molar-refractivity contribution in [3.63, 3.8) is 0 Å². The summed E-state index contributed by atoms with van der Waals surface area (Å²) in [5.41, 5.74) is 0. The molecule has 0 amide bonds. The van der Waals surface area contributed by atoms with E-state index in [0.717, 1.165) is 19.0 Å². The minimum absolute atomic E-state index is 0. The van der Waals surface area contributed by atoms with E-state index in [1.54, 1.807) is 0 Å². The van der Waals surface area contributed by atoms with E-state index in [0.29, 0.717) is 0 Å². The average Bonchev–Trinajstić information content (AvgIpc) is 2.05. The molecule has 0 aliphatic carbocycles. The Kier molecular flexibility index (Phi) is 3.69. The molecule has 1 radical (unpaired) electrons. The fourth-order valence-corrected chi connectivity index (χ4v) is 1.51. The zero-order valence-corrected chi connectivity index (χ0v) is 9.14. The molecule has 0 aromatic carbocycles. The largest absolute Gasteiger partial charge is 0.356 e. The molecular weight excluding hydrogens is 149 g/mol. The normalized spacial score (nSPS) is 22.5. The zero-order chi connectivity index (χ0) is 6.81. The predicted octanol–water partition coefficient (Wildman–Crippen LogP) is -0.339. The van der Waals surface area contributed by atoms with Gasteiger partial charge >= 0.3 is 0 Å². The molecule has 11 heavy (non-hydrogen) atoms. The number of fused-ring (bicyclic) bond motifs is 1. The van der Waals surface area contributed by atoms with Crippen molar-refractivity contribution in [2.75, 3.05) is 26.2 Å². The van der Waals surface area contributed by atoms with Gasteiger partial charge in [0.05, 0.1) is 0 Å². The van der Waals surface area contributed by atoms with E-state index in [4.69, 9.17) is 0 Å². The van der Waals surface area contributed by atoms with Crippen molar-refractivity contribution >= 4 is 35.5 Å². The van der Waals surface area contributed by atoms with Crippen LogP contribution in [0.15, 0.2) is 4.99 Å². The maximum atomic E-state index is 4.38. The number of hydrogen-bond acceptors (Lipinski definition) is 3. The molecule has 0 aromatic heterocycles. The van der Waals surface area contributed by atoms with Crippen LogP contribution in [0.4, 0.5) is 0 Å². The molecule has 57 valence electrons. The molecule has 0 spiro atoms. The molecule has 0 unspecified atom stereocenters. The van der Waals surface area contributed by atoms with E-state index in [-0.39, 0.29) is 29.6 Å². The fourth-order valence-electron chi connectivity index (χ4n) is 1.51. The van der Waals surface area contributed by atoms with Crippen LogP contribution in [0.5, 0.6) is 0 Å². The summed E-state index contributed by atoms with van der Waals surface area (Å²) >= 11 is 0. The van der Waals surface area contributed by atoms with Gasteiger partial charge in [-0.15, -0.1) is 0 Å². The number of nitrogens with one attached hydrogen (secondary N) is 1. The van der Waals surface area contributed by atoms with Crippen LogP contribution in [0, 0.1) is 0 Å². The van der Waals surface area contributed by atoms with Gasteiger partial charge in [-0.2, -0.15) is 0 Å². The summed E-state index contributed by atoms with van der Waals surface area (Å²) in [5.74, 6) is 1.14. The molecule has 0 atom stereocenters. The van der Waals surface area contributed by atoms with Crippen molar-refractivity contribution in [3.05, 3.63) is 0 Å². The van der Waals surface area contributed by atoms with Crippen molar-refractivity contribution in [1.29, 1.82) is 0 Å². The first kappa shape index (κ1) is 9.36. The number of hydrogen-bond donors (Lipinski definition) is 1. The SMILES string of the molecule is C1CN=C2NCCCN2C1.[Na]. The predicted molar refractivity (Wildman–Crippen MR) is 46.9 cm³/mol. The Hall–Kier alpha value is 0.270. The monoisotopic (exact) mass is 162 g/mol. The van der Waals surface area contributed by atoms with Gasteiger partial charge in [0.1, 0.15) is 0 Å². The van der Waals surface area contributed by atoms with Gasteiger partial charge in [0.25, 0.3) is 0 Å². The van der Waals surface area contributed by atoms with Gasteiger partial charge in [0, 0.05) is 55.7 Å². The molecule has 2 aliphatic heterocycles. The summed E-state index contributed by atoms with van der Waals surface area (Å²) in [7, 11) is 0. The second-order valence-electron chi connectivity index (χ2n) is 2.83. The van der Waals surface area contributed by atoms with Gasteiger partial charge in [-0.05, 0) is 12.8 Å². The van der Waals surface area contributed by atoms with Crippen LogP contribution in [0.2, 0.25) is 0 Å². The molecule has 1 N–H and O–H groups in total. The molecule has 0 bridgehead atoms. The van der Waals surface area contributed by atoms with E-state index in [9.17, 15) is 0 Å². The number of guanidine groups is 1. The van der Waals surface area contributed by atoms with Crippen LogP contribution in [-0.4, -0.2) is 66.6 Å². The van der Waals surface area contributed by atoms with E-state index < -0.39 is 0 Å². The molecular formula is C7H13N3Na. The Labute approximate surface area is 89.5 Å². The second kappa shape index (κ2) is 4.33. The first-order valence-corrected chi connectivity index (χ1v) is 4.00. The Morgan fingerprint density at radius 1 is 1.27 bits per heavy atom. The van der Waals surface area contributed by atoms with Crippen LogP contribution in [0.1, 0.15) is 12.8 Å². The smallest absolute Gasteiger partial charge is 0.193 e. The molecule has 4 heteroatoms. The van der Waals surface area contributed by atoms with Gasteiger partial charge in [0.2, 0.25) is 0 Å². The van der Waals surface area contributed by atoms with E-state index >= 15 is 0 Å². The van der Waals surface area contributed by atoms with Gasteiger partial charge in [-0.1, -0.05) is 0 Å². The summed E-state index contributed by atoms with van der Waals surface area (Å²) in [6.45, 7) is 4.52. The van der Waals surface area contributed by atoms with Gasteiger partial charge in [-0.3, -0.25) is 4.99 Å². The third-order valence-electron chi connectivity index (χ3n) is 2.04. The van der Waals surface area contributed by atoms with Crippen LogP contribution in [0.25, 0.3) is 0 Å². The average molecular weight is 162 g/mol. The topological polar surface area (TPSA) is 27.6 Å². The molecule has 1 saturated heterocycles. The van der Waals surface area contributed by atoms with Crippen LogP contribution >= 0.6 is 0 Å². The molecule has 0 saturated carbocycles. The third kappa shape index (κ3) is 2.10. The van der Waals surface area contributed by atoms with Crippen molar-refractivity contribution in [3.8, 4) is 0 Å². The Morgan fingerprint density at radius 3 is 2.91 bits per heavy atom. The molecule has 3 nitrogen and oxygen atoms in total. The molecule has 0 aromatic rings. The number of rotatable bonds is 0. The summed E-state index contributed by atoms with van der Waals surface area (Å²) in [6.07, 6.45) is 2.49. The molecule has 1 fully saturated rings. The zero-order valence-electron chi connectivity index (χ0n) is 7.14. The van der Waals surface area contributed by atoms with Gasteiger partial charge in [0.15, 0.2) is 5.96 Å². The first-order valence-electron chi connectivity index (χ1n) is 4.00. The third-order valence-corrected chi connectivity index (χ3v) is 2.04. The minimum Gasteiger partial charge on any atom is -0.356 e. The maximum Gasteiger partial charge on any atom is 0.193 e. The molecule has 2 aliphatic rings. The van der Waals surface area contributed by atoms with Crippen LogP contribution in [-0.2, 0) is 0 Å². The van der Waals surface area contributed by atoms with Crippen molar-refractivity contribution < 1.29 is 0 Å². The summed E-state index contributed by atoms with van der Waals surface area (Å²) in [6, 6.07) is 0. The summed E-state index contributed by atoms with van der Waals surface area (Å²) in [4.78, 5) is 6.72. The van der Waals surface area contributed by atoms with E-state index in [1.165, 1.54) is 25.9 Å². The summed E-state index contributed by atoms with van der Waals surface area (Å²) < 4.78 is 0. The van der Waals surface area contributed by atoms with Gasteiger partial charge < -0.3 is 10.2 Å². The maximum absolute atomic E-state index is 4.38. The number of nitrogens with zero attached hydrogens (tertiary/aromatic N) is 2. The van der Waals surface area contributed by atoms with E-state index in [1.807, 2.05) is 0 Å².